The van der Waals surface area contributed by atoms with Crippen LogP contribution < -0.4 is 15.6 Å². The van der Waals surface area contributed by atoms with Crippen LogP contribution in [0, 0.1) is 0 Å². The molecular weight excluding hydrogens is 919 g/mol. The van der Waals surface area contributed by atoms with Gasteiger partial charge in [-0.1, -0.05) is 5.04 Å². The lowest BCUT2D eigenvalue weighted by Crippen LogP contribution is -2.37. The number of hydrogen-bond donors (Lipinski definition) is 7. The third-order valence-corrected chi connectivity index (χ3v) is 12.0. The molecule has 4 rings (SSSR count). The molecule has 25 nitrogen and oxygen atoms in total. The van der Waals surface area contributed by atoms with Crippen LogP contribution in [0.25, 0.3) is 0 Å². The molecule has 3 aromatic carbocycles. The number of pyridine rings is 1. The van der Waals surface area contributed by atoms with Crippen molar-refractivity contribution in [2.75, 3.05) is 29.1 Å². The van der Waals surface area contributed by atoms with Gasteiger partial charge in [0.2, 0.25) is 0 Å². The van der Waals surface area contributed by atoms with Gasteiger partial charge in [0, 0.05) is 29.5 Å². The number of nitrogens with zero attached hydrogens (tertiary/aromatic N) is 5. The fraction of sp³-hybridized carbons (Fsp3) is 0.161. The highest BCUT2D eigenvalue weighted by molar-refractivity contribution is 7.96. The molecule has 0 spiro atoms. The molecule has 30 heteroatoms. The van der Waals surface area contributed by atoms with Crippen LogP contribution in [0.3, 0.4) is 0 Å². The molecule has 0 bridgehead atoms. The van der Waals surface area contributed by atoms with Gasteiger partial charge in [0.15, 0.2) is 28.8 Å². The molecule has 328 valence electrons. The number of hydrogen-bond acceptors (Lipinski definition) is 21. The number of carbonyl (C=O) groups excluding carboxylic acids is 1. The van der Waals surface area contributed by atoms with Gasteiger partial charge < -0.3 is 30.9 Å². The number of carboxylic acid groups (broad SMARTS) is 2. The maximum absolute atomic E-state index is 13.0. The minimum absolute atomic E-state index is 0. The van der Waals surface area contributed by atoms with Gasteiger partial charge in [-0.3, -0.25) is 18.7 Å². The molecule has 61 heavy (non-hydrogen) atoms. The normalized spacial score (nSPS) is 12.0. The van der Waals surface area contributed by atoms with Crippen LogP contribution in [0.15, 0.2) is 113 Å². The van der Waals surface area contributed by atoms with E-state index in [1.54, 1.807) is 0 Å². The maximum Gasteiger partial charge on any atom is 0.341 e. The van der Waals surface area contributed by atoms with Crippen LogP contribution in [-0.4, -0.2) is 91.3 Å². The van der Waals surface area contributed by atoms with Gasteiger partial charge in [-0.25, -0.2) is 23.0 Å². The first-order chi connectivity index (χ1) is 28.2. The summed E-state index contributed by atoms with van der Waals surface area (Å²) in [7, 11) is -14.2. The molecule has 0 unspecified atom stereocenters. The number of sulfone groups is 1. The summed E-state index contributed by atoms with van der Waals surface area (Å²) in [5.74, 6) is -4.26. The van der Waals surface area contributed by atoms with E-state index >= 15 is 0 Å². The fourth-order valence-corrected chi connectivity index (χ4v) is 8.12. The highest BCUT2D eigenvalue weighted by Crippen LogP contribution is 2.45. The minimum atomic E-state index is -5.20. The van der Waals surface area contributed by atoms with Crippen LogP contribution >= 0.6 is 24.1 Å². The highest BCUT2D eigenvalue weighted by atomic mass is 32.2. The van der Waals surface area contributed by atoms with Gasteiger partial charge in [0.1, 0.15) is 43.9 Å². The Labute approximate surface area is 353 Å². The summed E-state index contributed by atoms with van der Waals surface area (Å²) < 4.78 is 106. The predicted molar refractivity (Wildman–Crippen MR) is 211 cm³/mol. The van der Waals surface area contributed by atoms with E-state index in [9.17, 15) is 53.8 Å². The van der Waals surface area contributed by atoms with E-state index in [1.165, 1.54) is 59.4 Å². The molecule has 10 N–H and O–H groups in total. The van der Waals surface area contributed by atoms with Crippen LogP contribution in [0.4, 0.5) is 34.1 Å². The number of anilines is 2. The van der Waals surface area contributed by atoms with E-state index < -0.39 is 111 Å². The fourth-order valence-electron chi connectivity index (χ4n) is 4.62. The van der Waals surface area contributed by atoms with Crippen molar-refractivity contribution in [3.63, 3.8) is 0 Å². The third-order valence-electron chi connectivity index (χ3n) is 7.35. The predicted octanol–water partition coefficient (Wildman–Crippen LogP) is 3.73. The zero-order chi connectivity index (χ0) is 44.3. The number of nitrogens with two attached hydrogens (primary N) is 1. The Kier molecular flexibility index (Phi) is 17.7. The van der Waals surface area contributed by atoms with Crippen LogP contribution in [0.2, 0.25) is 0 Å². The number of nitrogens with one attached hydrogen (secondary N) is 1. The second-order valence-corrected chi connectivity index (χ2v) is 17.8. The lowest BCUT2D eigenvalue weighted by atomic mass is 10.2. The largest absolute Gasteiger partial charge is 0.481 e. The Morgan fingerprint density at radius 1 is 0.852 bits per heavy atom. The topological polar surface area (TPSA) is 405 Å². The highest BCUT2D eigenvalue weighted by Gasteiger charge is 2.26. The molecular formula is C31H32N7O18S5+. The summed E-state index contributed by atoms with van der Waals surface area (Å²) in [6, 6.07) is 11.4. The monoisotopic (exact) mass is 950 g/mol. The van der Waals surface area contributed by atoms with Crippen molar-refractivity contribution in [3.05, 3.63) is 78.6 Å². The smallest absolute Gasteiger partial charge is 0.341 e. The van der Waals surface area contributed by atoms with E-state index in [0.29, 0.717) is 30.2 Å². The van der Waals surface area contributed by atoms with Gasteiger partial charge in [-0.05, 0) is 54.6 Å². The van der Waals surface area contributed by atoms with Gasteiger partial charge in [0.25, 0.3) is 20.2 Å². The first-order valence-electron chi connectivity index (χ1n) is 16.1. The lowest BCUT2D eigenvalue weighted by Gasteiger charge is -2.15. The first kappa shape index (κ1) is 49.7. The number of aromatic nitrogens is 1. The lowest BCUT2D eigenvalue weighted by molar-refractivity contribution is -0.692. The van der Waals surface area contributed by atoms with Crippen molar-refractivity contribution in [2.45, 2.75) is 32.5 Å². The van der Waals surface area contributed by atoms with Crippen LogP contribution in [0.5, 0.6) is 0 Å². The minimum Gasteiger partial charge on any atom is -0.481 e. The number of carboxylic acids is 2. The molecule has 0 aliphatic carbocycles. The maximum atomic E-state index is 13.0. The van der Waals surface area contributed by atoms with Gasteiger partial charge in [-0.15, -0.1) is 19.7 Å². The Hall–Kier alpha value is -5.67. The number of aryl methyl sites for hydroxylation is 1. The number of rotatable bonds is 21. The Morgan fingerprint density at radius 2 is 1.52 bits per heavy atom. The summed E-state index contributed by atoms with van der Waals surface area (Å²) in [4.78, 5) is 32.3. The molecule has 0 atom stereocenters. The first-order valence-corrected chi connectivity index (χ1v) is 22.2. The molecule has 0 aliphatic rings. The number of aromatic carboxylic acids is 1. The standard InChI is InChI=1S/C31H29N7O17S5.H2O/c32-28-23(36-35-22-8-5-20(14-24(22)59(47,48)49)57-53-27(41)17-56-55-54-44)15-25(60(50,51)52)29(33-10-9-26(39)40)30(28)37-34-19-3-6-21(7-4-19)58(45,46)13-12-38-11-1-2-18(16-38)31(42)43;/h1-8,11,14-16,33H,9-10,12-13,17,32H2,(H4-,39,40,42,43,44,47,48,49,50,51,52);1H2/p+1. The van der Waals surface area contributed by atoms with E-state index in [0.717, 1.165) is 12.1 Å². The number of benzene rings is 3. The average Bonchev–Trinajstić information content (AvgIpc) is 3.18. The summed E-state index contributed by atoms with van der Waals surface area (Å²) >= 11 is 0.735. The number of carbonyl (C=O) groups is 3. The van der Waals surface area contributed by atoms with E-state index in [-0.39, 0.29) is 33.1 Å². The molecule has 0 radical (unpaired) electrons. The van der Waals surface area contributed by atoms with E-state index in [1.807, 2.05) is 0 Å². The van der Waals surface area contributed by atoms with Crippen molar-refractivity contribution in [1.29, 1.82) is 0 Å². The molecule has 1 heterocycles. The SMILES string of the molecule is Nc1c(N=Nc2ccc(SOC(=O)CSOOO)cc2S(=O)(=O)O)cc(S(=O)(=O)O)c(NCCC(=O)O)c1N=Nc1ccc(S(=O)(=O)CC[n+]2cccc(C(=O)O)c2)cc1.O. The summed E-state index contributed by atoms with van der Waals surface area (Å²) in [5, 5.41) is 47.9. The van der Waals surface area contributed by atoms with Crippen molar-refractivity contribution in [2.24, 2.45) is 20.5 Å². The second kappa shape index (κ2) is 21.7. The Bertz CT molecular complexity index is 2670. The molecule has 4 aromatic rings. The van der Waals surface area contributed by atoms with Gasteiger partial charge >= 0.3 is 17.9 Å². The quantitative estimate of drug-likeness (QED) is 0.00914. The molecule has 0 amide bonds. The molecule has 1 aromatic heterocycles. The van der Waals surface area contributed by atoms with E-state index in [4.69, 9.17) is 20.3 Å². The van der Waals surface area contributed by atoms with Crippen LogP contribution in [-0.2, 0) is 59.8 Å². The average molecular weight is 951 g/mol. The number of nitrogen functional groups attached to an aromatic ring is 1. The number of aliphatic carboxylic acids is 1. The van der Waals surface area contributed by atoms with Crippen molar-refractivity contribution < 1.29 is 87.8 Å². The second-order valence-electron chi connectivity index (χ2n) is 11.5. The Morgan fingerprint density at radius 3 is 2.15 bits per heavy atom. The Balaban J connectivity index is 0.00000992. The third kappa shape index (κ3) is 14.5. The molecule has 0 saturated heterocycles. The zero-order valence-electron chi connectivity index (χ0n) is 30.5. The molecule has 0 fully saturated rings. The van der Waals surface area contributed by atoms with Crippen LogP contribution in [0.1, 0.15) is 16.8 Å². The van der Waals surface area contributed by atoms with Crippen molar-refractivity contribution in [1.82, 2.24) is 0 Å². The number of azo groups is 2. The summed E-state index contributed by atoms with van der Waals surface area (Å²) in [5.41, 5.74) is 3.56. The van der Waals surface area contributed by atoms with Gasteiger partial charge in [0.05, 0.1) is 40.4 Å². The molecule has 0 saturated carbocycles. The zero-order valence-corrected chi connectivity index (χ0v) is 34.5. The van der Waals surface area contributed by atoms with Crippen molar-refractivity contribution in [3.8, 4) is 0 Å². The summed E-state index contributed by atoms with van der Waals surface area (Å²) in [6.45, 7) is -0.503. The van der Waals surface area contributed by atoms with E-state index in [2.05, 4.69) is 35.1 Å². The summed E-state index contributed by atoms with van der Waals surface area (Å²) in [6.07, 6.45) is 2.22. The van der Waals surface area contributed by atoms with Gasteiger partial charge in [-0.2, -0.15) is 21.9 Å². The molecule has 0 aliphatic heterocycles. The van der Waals surface area contributed by atoms with Crippen molar-refractivity contribution >= 4 is 106 Å².